The molecule has 1 saturated heterocycles. The number of hydrogen-bond acceptors (Lipinski definition) is 8. The second kappa shape index (κ2) is 10.5. The van der Waals surface area contributed by atoms with Gasteiger partial charge in [-0.25, -0.2) is 0 Å². The molecule has 39 heavy (non-hydrogen) atoms. The van der Waals surface area contributed by atoms with Gasteiger partial charge in [0.25, 0.3) is 11.8 Å². The largest absolute Gasteiger partial charge is 0.490 e. The number of carbonyl (C=O) groups is 2. The van der Waals surface area contributed by atoms with E-state index in [1.54, 1.807) is 38.3 Å². The molecule has 7 N–H and O–H groups in total. The molecule has 1 aromatic carbocycles. The lowest BCUT2D eigenvalue weighted by Crippen LogP contribution is -2.59. The summed E-state index contributed by atoms with van der Waals surface area (Å²) in [5.41, 5.74) is 7.08. The molecule has 0 bridgehead atoms. The van der Waals surface area contributed by atoms with Crippen LogP contribution >= 0.6 is 0 Å². The maximum atomic E-state index is 12.9. The molecule has 0 radical (unpaired) electrons. The number of dihydropyridines is 1. The molecule has 2 aliphatic heterocycles. The summed E-state index contributed by atoms with van der Waals surface area (Å²) in [7, 11) is 0. The van der Waals surface area contributed by atoms with Crippen molar-refractivity contribution >= 4 is 18.0 Å². The molecule has 208 valence electrons. The summed E-state index contributed by atoms with van der Waals surface area (Å²) < 4.78 is 11.8. The van der Waals surface area contributed by atoms with E-state index in [0.29, 0.717) is 28.7 Å². The highest BCUT2D eigenvalue weighted by molar-refractivity contribution is 6.12. The fraction of sp³-hybridized carbons (Fsp3) is 0.483. The molecule has 1 spiro atoms. The average molecular weight is 536 g/mol. The first-order valence-electron chi connectivity index (χ1n) is 13.4. The lowest BCUT2D eigenvalue weighted by molar-refractivity contribution is -0.123. The number of carbonyl (C=O) groups excluding carboxylic acids is 2. The molecule has 4 aliphatic rings. The molecule has 10 heteroatoms. The molecule has 2 amide bonds. The van der Waals surface area contributed by atoms with E-state index in [2.05, 4.69) is 16.0 Å². The molecule has 0 aromatic heterocycles. The average Bonchev–Trinajstić information content (AvgIpc) is 2.79. The van der Waals surface area contributed by atoms with Gasteiger partial charge >= 0.3 is 0 Å². The summed E-state index contributed by atoms with van der Waals surface area (Å²) in [5.74, 6) is 0.738. The monoisotopic (exact) mass is 535 g/mol. The molecular weight excluding hydrogens is 498 g/mol. The highest BCUT2D eigenvalue weighted by atomic mass is 16.5. The van der Waals surface area contributed by atoms with E-state index in [9.17, 15) is 14.7 Å². The lowest BCUT2D eigenvalue weighted by Gasteiger charge is -2.57. The third kappa shape index (κ3) is 6.02. The minimum absolute atomic E-state index is 0.0185. The maximum absolute atomic E-state index is 12.9. The molecule has 3 fully saturated rings. The van der Waals surface area contributed by atoms with Crippen molar-refractivity contribution in [2.45, 2.75) is 63.2 Å². The van der Waals surface area contributed by atoms with Crippen LogP contribution in [0.15, 0.2) is 53.6 Å². The van der Waals surface area contributed by atoms with Crippen LogP contribution in [0.4, 0.5) is 0 Å². The zero-order valence-corrected chi connectivity index (χ0v) is 22.4. The zero-order chi connectivity index (χ0) is 27.8. The van der Waals surface area contributed by atoms with Crippen LogP contribution in [-0.4, -0.2) is 60.6 Å². The van der Waals surface area contributed by atoms with Crippen molar-refractivity contribution in [2.24, 2.45) is 11.1 Å². The lowest BCUT2D eigenvalue weighted by atomic mass is 9.53. The summed E-state index contributed by atoms with van der Waals surface area (Å²) in [6.07, 6.45) is 9.50. The molecule has 2 heterocycles. The highest BCUT2D eigenvalue weighted by Gasteiger charge is 2.54. The minimum atomic E-state index is -0.956. The van der Waals surface area contributed by atoms with Gasteiger partial charge in [0.2, 0.25) is 0 Å². The summed E-state index contributed by atoms with van der Waals surface area (Å²) in [4.78, 5) is 24.8. The van der Waals surface area contributed by atoms with Gasteiger partial charge in [-0.05, 0) is 74.8 Å². The number of primary amides is 1. The SMILES string of the molecule is CC(C)(O)COC1=CN/C(=C(\C=N)C(=O)NC2CC3(C2)CC(Oc2cc(C4CNC4)ccc2C(N)=O)C3)C=C1. The first kappa shape index (κ1) is 27.0. The number of allylic oxidation sites excluding steroid dienone is 2. The number of amides is 2. The van der Waals surface area contributed by atoms with Crippen LogP contribution in [0.1, 0.15) is 61.4 Å². The Morgan fingerprint density at radius 1 is 1.23 bits per heavy atom. The molecule has 0 unspecified atom stereocenters. The van der Waals surface area contributed by atoms with Crippen molar-refractivity contribution in [1.82, 2.24) is 16.0 Å². The second-order valence-electron chi connectivity index (χ2n) is 11.8. The third-order valence-electron chi connectivity index (χ3n) is 7.89. The van der Waals surface area contributed by atoms with Crippen LogP contribution in [0.3, 0.4) is 0 Å². The van der Waals surface area contributed by atoms with Gasteiger partial charge in [-0.3, -0.25) is 9.59 Å². The van der Waals surface area contributed by atoms with Crippen molar-refractivity contribution < 1.29 is 24.2 Å². The van der Waals surface area contributed by atoms with E-state index < -0.39 is 11.5 Å². The van der Waals surface area contributed by atoms with E-state index in [1.807, 2.05) is 12.1 Å². The number of hydrogen-bond donors (Lipinski definition) is 6. The standard InChI is InChI=1S/C29H37N5O5/c1-28(2,37)16-38-20-4-6-24(33-15-20)23(12-30)27(36)34-19-8-29(9-19)10-21(11-29)39-25-7-17(18-13-32-14-18)3-5-22(25)26(31)35/h3-7,12,15,18-19,21,30,32-33,37H,8-11,13-14,16H2,1-2H3,(H2,31,35)(H,34,36)/b24-23+,30-12?. The van der Waals surface area contributed by atoms with Crippen LogP contribution < -0.4 is 26.4 Å². The minimum Gasteiger partial charge on any atom is -0.490 e. The topological polar surface area (TPSA) is 159 Å². The van der Waals surface area contributed by atoms with E-state index in [4.69, 9.17) is 20.6 Å². The first-order valence-corrected chi connectivity index (χ1v) is 13.4. The number of benzene rings is 1. The molecule has 1 aromatic rings. The smallest absolute Gasteiger partial charge is 0.255 e. The summed E-state index contributed by atoms with van der Waals surface area (Å²) in [6, 6.07) is 5.72. The summed E-state index contributed by atoms with van der Waals surface area (Å²) in [5, 5.41) is 26.9. The Bertz CT molecular complexity index is 1240. The Morgan fingerprint density at radius 3 is 2.54 bits per heavy atom. The molecule has 5 rings (SSSR count). The van der Waals surface area contributed by atoms with Crippen molar-refractivity contribution in [1.29, 1.82) is 5.41 Å². The van der Waals surface area contributed by atoms with Gasteiger partial charge in [-0.1, -0.05) is 6.07 Å². The Hall–Kier alpha value is -3.63. The van der Waals surface area contributed by atoms with Crippen molar-refractivity contribution in [3.8, 4) is 5.75 Å². The van der Waals surface area contributed by atoms with Gasteiger partial charge in [-0.2, -0.15) is 0 Å². The summed E-state index contributed by atoms with van der Waals surface area (Å²) in [6.45, 7) is 5.29. The van der Waals surface area contributed by atoms with Crippen molar-refractivity contribution in [3.05, 3.63) is 64.7 Å². The number of aliphatic hydroxyl groups is 1. The Labute approximate surface area is 228 Å². The Morgan fingerprint density at radius 2 is 1.97 bits per heavy atom. The Kier molecular flexibility index (Phi) is 7.26. The fourth-order valence-corrected chi connectivity index (χ4v) is 5.66. The quantitative estimate of drug-likeness (QED) is 0.197. The van der Waals surface area contributed by atoms with E-state index >= 15 is 0 Å². The number of rotatable bonds is 10. The van der Waals surface area contributed by atoms with E-state index in [0.717, 1.165) is 50.6 Å². The van der Waals surface area contributed by atoms with Gasteiger partial charge in [0, 0.05) is 37.5 Å². The highest BCUT2D eigenvalue weighted by Crippen LogP contribution is 2.57. The maximum Gasteiger partial charge on any atom is 0.255 e. The summed E-state index contributed by atoms with van der Waals surface area (Å²) >= 11 is 0. The predicted octanol–water partition coefficient (Wildman–Crippen LogP) is 1.97. The zero-order valence-electron chi connectivity index (χ0n) is 22.4. The van der Waals surface area contributed by atoms with Crippen LogP contribution in [0.2, 0.25) is 0 Å². The molecule has 2 saturated carbocycles. The number of nitrogens with two attached hydrogens (primary N) is 1. The van der Waals surface area contributed by atoms with Gasteiger partial charge in [0.1, 0.15) is 18.1 Å². The van der Waals surface area contributed by atoms with Crippen molar-refractivity contribution in [3.63, 3.8) is 0 Å². The van der Waals surface area contributed by atoms with Gasteiger partial charge in [0.05, 0.1) is 28.5 Å². The van der Waals surface area contributed by atoms with Crippen LogP contribution in [-0.2, 0) is 9.53 Å². The Balaban J connectivity index is 1.11. The predicted molar refractivity (Wildman–Crippen MR) is 146 cm³/mol. The normalized spacial score (nSPS) is 27.2. The number of ether oxygens (including phenoxy) is 2. The molecule has 0 atom stereocenters. The van der Waals surface area contributed by atoms with Crippen molar-refractivity contribution in [2.75, 3.05) is 19.7 Å². The molecule has 10 nitrogen and oxygen atoms in total. The second-order valence-corrected chi connectivity index (χ2v) is 11.8. The van der Waals surface area contributed by atoms with Crippen LogP contribution in [0, 0.1) is 10.8 Å². The third-order valence-corrected chi connectivity index (χ3v) is 7.89. The van der Waals surface area contributed by atoms with Gasteiger partial charge in [0.15, 0.2) is 0 Å². The van der Waals surface area contributed by atoms with Crippen LogP contribution in [0.5, 0.6) is 5.75 Å². The van der Waals surface area contributed by atoms with Gasteiger partial charge in [-0.15, -0.1) is 0 Å². The van der Waals surface area contributed by atoms with E-state index in [-0.39, 0.29) is 35.6 Å². The fourth-order valence-electron chi connectivity index (χ4n) is 5.66. The molecular formula is C29H37N5O5. The molecule has 2 aliphatic carbocycles. The number of nitrogens with one attached hydrogen (secondary N) is 4. The van der Waals surface area contributed by atoms with Gasteiger partial charge < -0.3 is 41.7 Å². The first-order chi connectivity index (χ1) is 18.5. The van der Waals surface area contributed by atoms with E-state index in [1.165, 1.54) is 0 Å². The van der Waals surface area contributed by atoms with Crippen LogP contribution in [0.25, 0.3) is 0 Å².